The minimum absolute atomic E-state index is 0.227. The van der Waals surface area contributed by atoms with Gasteiger partial charge in [0.15, 0.2) is 0 Å². The highest BCUT2D eigenvalue weighted by Gasteiger charge is 2.15. The fraction of sp³-hybridized carbons (Fsp3) is 0.350. The Hall–Kier alpha value is -2.01. The number of para-hydroxylation sites is 2. The molecule has 0 radical (unpaired) electrons. The van der Waals surface area contributed by atoms with Crippen LogP contribution >= 0.6 is 15.9 Å². The number of benzene rings is 2. The number of unbranched alkanes of at least 4 members (excludes halogenated alkanes) is 3. The number of halogens is 1. The van der Waals surface area contributed by atoms with Crippen molar-refractivity contribution in [2.75, 3.05) is 19.0 Å². The van der Waals surface area contributed by atoms with Gasteiger partial charge in [-0.1, -0.05) is 54.2 Å². The van der Waals surface area contributed by atoms with E-state index in [-0.39, 0.29) is 5.91 Å². The van der Waals surface area contributed by atoms with Crippen LogP contribution in [0.3, 0.4) is 0 Å². The molecule has 0 atom stereocenters. The molecule has 2 aromatic rings. The zero-order chi connectivity index (χ0) is 18.1. The maximum absolute atomic E-state index is 12.7. The van der Waals surface area contributed by atoms with Gasteiger partial charge in [-0.2, -0.15) is 0 Å². The Labute approximate surface area is 157 Å². The third-order valence-electron chi connectivity index (χ3n) is 3.80. The van der Waals surface area contributed by atoms with Gasteiger partial charge in [-0.05, 0) is 36.8 Å². The molecule has 25 heavy (non-hydrogen) atoms. The van der Waals surface area contributed by atoms with Gasteiger partial charge in [0, 0.05) is 4.47 Å². The molecule has 0 bridgehead atoms. The largest absolute Gasteiger partial charge is 0.495 e. The monoisotopic (exact) mass is 405 g/mol. The third-order valence-corrected chi connectivity index (χ3v) is 4.29. The number of methoxy groups -OCH3 is 1. The van der Waals surface area contributed by atoms with Crippen LogP contribution in [0.15, 0.2) is 46.9 Å². The van der Waals surface area contributed by atoms with E-state index >= 15 is 0 Å². The summed E-state index contributed by atoms with van der Waals surface area (Å²) in [6, 6.07) is 12.8. The lowest BCUT2D eigenvalue weighted by Crippen LogP contribution is -2.14. The topological polar surface area (TPSA) is 47.6 Å². The first-order chi connectivity index (χ1) is 12.2. The summed E-state index contributed by atoms with van der Waals surface area (Å²) in [5.74, 6) is 0.981. The molecule has 1 amide bonds. The van der Waals surface area contributed by atoms with Crippen LogP contribution in [-0.2, 0) is 0 Å². The molecular weight excluding hydrogens is 382 g/mol. The van der Waals surface area contributed by atoms with Gasteiger partial charge in [0.05, 0.1) is 25.0 Å². The van der Waals surface area contributed by atoms with Gasteiger partial charge in [0.2, 0.25) is 0 Å². The smallest absolute Gasteiger partial charge is 0.259 e. The van der Waals surface area contributed by atoms with Crippen LogP contribution in [0, 0.1) is 0 Å². The molecule has 0 saturated heterocycles. The Morgan fingerprint density at radius 2 is 1.88 bits per heavy atom. The van der Waals surface area contributed by atoms with Crippen molar-refractivity contribution >= 4 is 27.5 Å². The summed E-state index contributed by atoms with van der Waals surface area (Å²) in [5, 5.41) is 2.89. The molecule has 2 rings (SSSR count). The molecule has 0 heterocycles. The minimum Gasteiger partial charge on any atom is -0.495 e. The van der Waals surface area contributed by atoms with Crippen LogP contribution in [0.4, 0.5) is 5.69 Å². The first-order valence-electron chi connectivity index (χ1n) is 8.52. The molecule has 0 spiro atoms. The summed E-state index contributed by atoms with van der Waals surface area (Å²) >= 11 is 3.42. The van der Waals surface area contributed by atoms with E-state index in [1.165, 1.54) is 12.8 Å². The number of amides is 1. The fourth-order valence-corrected chi connectivity index (χ4v) is 2.82. The highest BCUT2D eigenvalue weighted by Crippen LogP contribution is 2.27. The summed E-state index contributed by atoms with van der Waals surface area (Å²) < 4.78 is 12.0. The number of hydrogen-bond acceptors (Lipinski definition) is 3. The van der Waals surface area contributed by atoms with Gasteiger partial charge >= 0.3 is 0 Å². The number of anilines is 1. The van der Waals surface area contributed by atoms with Crippen molar-refractivity contribution in [2.45, 2.75) is 32.6 Å². The third kappa shape index (κ3) is 5.78. The normalized spacial score (nSPS) is 10.4. The average molecular weight is 406 g/mol. The summed E-state index contributed by atoms with van der Waals surface area (Å²) in [6.45, 7) is 2.78. The second-order valence-corrected chi connectivity index (χ2v) is 6.62. The summed E-state index contributed by atoms with van der Waals surface area (Å²) in [5.41, 5.74) is 1.12. The number of hydrogen-bond donors (Lipinski definition) is 1. The van der Waals surface area contributed by atoms with Crippen LogP contribution in [-0.4, -0.2) is 19.6 Å². The van der Waals surface area contributed by atoms with Crippen molar-refractivity contribution in [3.8, 4) is 11.5 Å². The molecular formula is C20H24BrNO3. The molecule has 0 aromatic heterocycles. The van der Waals surface area contributed by atoms with Gasteiger partial charge in [0.25, 0.3) is 5.91 Å². The van der Waals surface area contributed by atoms with Crippen LogP contribution in [0.25, 0.3) is 0 Å². The Morgan fingerprint density at radius 3 is 2.64 bits per heavy atom. The lowest BCUT2D eigenvalue weighted by Gasteiger charge is -2.14. The Bertz CT molecular complexity index is 703. The number of ether oxygens (including phenoxy) is 2. The van der Waals surface area contributed by atoms with Crippen LogP contribution in [0.2, 0.25) is 0 Å². The second-order valence-electron chi connectivity index (χ2n) is 5.70. The van der Waals surface area contributed by atoms with E-state index < -0.39 is 0 Å². The van der Waals surface area contributed by atoms with E-state index in [1.54, 1.807) is 19.2 Å². The highest BCUT2D eigenvalue weighted by molar-refractivity contribution is 9.10. The SMILES string of the molecule is CCCCCCOc1ccc(Br)cc1C(=O)Nc1ccccc1OC. The predicted molar refractivity (Wildman–Crippen MR) is 105 cm³/mol. The Kier molecular flexibility index (Phi) is 7.79. The molecule has 134 valence electrons. The molecule has 0 aliphatic carbocycles. The molecule has 0 aliphatic rings. The fourth-order valence-electron chi connectivity index (χ4n) is 2.45. The summed E-state index contributed by atoms with van der Waals surface area (Å²) in [4.78, 5) is 12.7. The number of carbonyl (C=O) groups excluding carboxylic acids is 1. The zero-order valence-corrected chi connectivity index (χ0v) is 16.3. The second kappa shape index (κ2) is 10.1. The van der Waals surface area contributed by atoms with E-state index in [0.29, 0.717) is 29.4 Å². The van der Waals surface area contributed by atoms with Crippen LogP contribution < -0.4 is 14.8 Å². The Balaban J connectivity index is 2.11. The van der Waals surface area contributed by atoms with Gasteiger partial charge in [0.1, 0.15) is 11.5 Å². The standard InChI is InChI=1S/C20H24BrNO3/c1-3-4-5-8-13-25-18-12-11-15(21)14-16(18)20(23)22-17-9-6-7-10-19(17)24-2/h6-7,9-12,14H,3-5,8,13H2,1-2H3,(H,22,23). The predicted octanol–water partition coefficient (Wildman–Crippen LogP) is 5.67. The van der Waals surface area contributed by atoms with Crippen molar-refractivity contribution in [3.63, 3.8) is 0 Å². The summed E-state index contributed by atoms with van der Waals surface area (Å²) in [7, 11) is 1.58. The number of rotatable bonds is 9. The number of carbonyl (C=O) groups is 1. The molecule has 0 saturated carbocycles. The molecule has 4 nitrogen and oxygen atoms in total. The maximum Gasteiger partial charge on any atom is 0.259 e. The van der Waals surface area contributed by atoms with Gasteiger partial charge in [-0.25, -0.2) is 0 Å². The van der Waals surface area contributed by atoms with E-state index in [0.717, 1.165) is 17.3 Å². The average Bonchev–Trinajstić information content (AvgIpc) is 2.63. The lowest BCUT2D eigenvalue weighted by molar-refractivity contribution is 0.102. The van der Waals surface area contributed by atoms with Gasteiger partial charge in [-0.15, -0.1) is 0 Å². The maximum atomic E-state index is 12.7. The van der Waals surface area contributed by atoms with E-state index in [4.69, 9.17) is 9.47 Å². The quantitative estimate of drug-likeness (QED) is 0.546. The van der Waals surface area contributed by atoms with E-state index in [1.807, 2.05) is 30.3 Å². The van der Waals surface area contributed by atoms with Gasteiger partial charge < -0.3 is 14.8 Å². The molecule has 1 N–H and O–H groups in total. The molecule has 0 fully saturated rings. The molecule has 2 aromatic carbocycles. The summed E-state index contributed by atoms with van der Waals surface area (Å²) in [6.07, 6.45) is 4.50. The van der Waals surface area contributed by atoms with Crippen molar-refractivity contribution in [1.29, 1.82) is 0 Å². The van der Waals surface area contributed by atoms with Crippen LogP contribution in [0.1, 0.15) is 43.0 Å². The van der Waals surface area contributed by atoms with E-state index in [2.05, 4.69) is 28.2 Å². The molecule has 5 heteroatoms. The van der Waals surface area contributed by atoms with Gasteiger partial charge in [-0.3, -0.25) is 4.79 Å². The zero-order valence-electron chi connectivity index (χ0n) is 14.7. The first kappa shape index (κ1) is 19.3. The molecule has 0 unspecified atom stereocenters. The van der Waals surface area contributed by atoms with Crippen molar-refractivity contribution < 1.29 is 14.3 Å². The van der Waals surface area contributed by atoms with Crippen molar-refractivity contribution in [3.05, 3.63) is 52.5 Å². The minimum atomic E-state index is -0.227. The Morgan fingerprint density at radius 1 is 1.08 bits per heavy atom. The highest BCUT2D eigenvalue weighted by atomic mass is 79.9. The van der Waals surface area contributed by atoms with Crippen molar-refractivity contribution in [2.24, 2.45) is 0 Å². The van der Waals surface area contributed by atoms with Crippen LogP contribution in [0.5, 0.6) is 11.5 Å². The first-order valence-corrected chi connectivity index (χ1v) is 9.31. The lowest BCUT2D eigenvalue weighted by atomic mass is 10.1. The van der Waals surface area contributed by atoms with Crippen molar-refractivity contribution in [1.82, 2.24) is 0 Å². The number of nitrogens with one attached hydrogen (secondary N) is 1. The molecule has 0 aliphatic heterocycles. The van der Waals surface area contributed by atoms with E-state index in [9.17, 15) is 4.79 Å².